The molecule has 0 saturated carbocycles. The van der Waals surface area contributed by atoms with Gasteiger partial charge in [0.2, 0.25) is 5.88 Å². The Morgan fingerprint density at radius 1 is 1.40 bits per heavy atom. The van der Waals surface area contributed by atoms with Crippen LogP contribution in [0, 0.1) is 15.9 Å². The van der Waals surface area contributed by atoms with Crippen LogP contribution in [0.2, 0.25) is 0 Å². The van der Waals surface area contributed by atoms with Gasteiger partial charge < -0.3 is 10.5 Å². The number of nitro benzene ring substituents is 1. The van der Waals surface area contributed by atoms with Gasteiger partial charge in [0.25, 0.3) is 5.69 Å². The van der Waals surface area contributed by atoms with Crippen LogP contribution in [0.25, 0.3) is 0 Å². The Morgan fingerprint density at radius 3 is 2.65 bits per heavy atom. The minimum Gasteiger partial charge on any atom is -0.436 e. The van der Waals surface area contributed by atoms with Crippen LogP contribution in [0.5, 0.6) is 11.6 Å². The maximum atomic E-state index is 13.6. The molecule has 2 N–H and O–H groups in total. The topological polar surface area (TPSA) is 91.3 Å². The number of pyridine rings is 1. The molecule has 1 heterocycles. The standard InChI is InChI=1S/C13H12FN3O3/c1-8(15)9-2-5-13(16-7-9)20-12-4-3-10(17(18)19)6-11(12)14/h2-8H,15H2,1H3. The van der Waals surface area contributed by atoms with Crippen molar-refractivity contribution >= 4 is 5.69 Å². The highest BCUT2D eigenvalue weighted by Crippen LogP contribution is 2.26. The molecule has 0 bridgehead atoms. The highest BCUT2D eigenvalue weighted by Gasteiger charge is 2.12. The smallest absolute Gasteiger partial charge is 0.272 e. The van der Waals surface area contributed by atoms with Crippen molar-refractivity contribution in [3.8, 4) is 11.6 Å². The monoisotopic (exact) mass is 277 g/mol. The van der Waals surface area contributed by atoms with E-state index in [1.54, 1.807) is 12.1 Å². The van der Waals surface area contributed by atoms with E-state index in [9.17, 15) is 14.5 Å². The lowest BCUT2D eigenvalue weighted by Crippen LogP contribution is -2.05. The molecule has 1 aromatic heterocycles. The van der Waals surface area contributed by atoms with E-state index in [-0.39, 0.29) is 23.4 Å². The van der Waals surface area contributed by atoms with E-state index in [1.165, 1.54) is 12.3 Å². The molecule has 1 atom stereocenters. The molecule has 7 heteroatoms. The van der Waals surface area contributed by atoms with Gasteiger partial charge >= 0.3 is 0 Å². The summed E-state index contributed by atoms with van der Waals surface area (Å²) in [6.07, 6.45) is 1.53. The molecule has 0 spiro atoms. The number of hydrogen-bond acceptors (Lipinski definition) is 5. The van der Waals surface area contributed by atoms with Crippen LogP contribution in [0.1, 0.15) is 18.5 Å². The lowest BCUT2D eigenvalue weighted by Gasteiger charge is -2.08. The molecule has 1 unspecified atom stereocenters. The Labute approximate surface area is 114 Å². The molecule has 2 aromatic rings. The number of nitrogens with two attached hydrogens (primary N) is 1. The first-order chi connectivity index (χ1) is 9.47. The summed E-state index contributed by atoms with van der Waals surface area (Å²) in [5, 5.41) is 10.5. The third kappa shape index (κ3) is 3.07. The third-order valence-electron chi connectivity index (χ3n) is 2.63. The molecule has 0 aliphatic carbocycles. The van der Waals surface area contributed by atoms with Gasteiger partial charge in [0.05, 0.1) is 11.0 Å². The zero-order valence-corrected chi connectivity index (χ0v) is 10.6. The van der Waals surface area contributed by atoms with Gasteiger partial charge in [-0.3, -0.25) is 10.1 Å². The van der Waals surface area contributed by atoms with Gasteiger partial charge in [0.1, 0.15) is 0 Å². The number of nitrogens with zero attached hydrogens (tertiary/aromatic N) is 2. The third-order valence-corrected chi connectivity index (χ3v) is 2.63. The average Bonchev–Trinajstić information content (AvgIpc) is 2.41. The molecule has 0 fully saturated rings. The van der Waals surface area contributed by atoms with Crippen molar-refractivity contribution < 1.29 is 14.1 Å². The van der Waals surface area contributed by atoms with Crippen molar-refractivity contribution in [2.24, 2.45) is 5.73 Å². The van der Waals surface area contributed by atoms with E-state index in [1.807, 2.05) is 6.92 Å². The van der Waals surface area contributed by atoms with Gasteiger partial charge in [-0.05, 0) is 18.6 Å². The number of non-ortho nitro benzene ring substituents is 1. The van der Waals surface area contributed by atoms with Crippen LogP contribution in [0.4, 0.5) is 10.1 Å². The summed E-state index contributed by atoms with van der Waals surface area (Å²) in [4.78, 5) is 13.8. The molecule has 1 aromatic carbocycles. The Morgan fingerprint density at radius 2 is 2.15 bits per heavy atom. The highest BCUT2D eigenvalue weighted by atomic mass is 19.1. The number of hydrogen-bond donors (Lipinski definition) is 1. The number of halogens is 1. The number of benzene rings is 1. The Balaban J connectivity index is 2.19. The summed E-state index contributed by atoms with van der Waals surface area (Å²) in [6, 6.07) is 6.26. The summed E-state index contributed by atoms with van der Waals surface area (Å²) in [5.74, 6) is -0.768. The minimum atomic E-state index is -0.822. The molecule has 0 saturated heterocycles. The number of aromatic nitrogens is 1. The Hall–Kier alpha value is -2.54. The first-order valence-electron chi connectivity index (χ1n) is 5.80. The van der Waals surface area contributed by atoms with Crippen molar-refractivity contribution in [1.29, 1.82) is 0 Å². The fraction of sp³-hybridized carbons (Fsp3) is 0.154. The second kappa shape index (κ2) is 5.62. The lowest BCUT2D eigenvalue weighted by molar-refractivity contribution is -0.385. The summed E-state index contributed by atoms with van der Waals surface area (Å²) >= 11 is 0. The molecular formula is C13H12FN3O3. The molecule has 20 heavy (non-hydrogen) atoms. The van der Waals surface area contributed by atoms with Crippen LogP contribution in [0.3, 0.4) is 0 Å². The zero-order chi connectivity index (χ0) is 14.7. The number of rotatable bonds is 4. The maximum absolute atomic E-state index is 13.6. The van der Waals surface area contributed by atoms with E-state index in [0.717, 1.165) is 17.7 Å². The summed E-state index contributed by atoms with van der Waals surface area (Å²) in [5.41, 5.74) is 6.16. The fourth-order valence-electron chi connectivity index (χ4n) is 1.52. The molecule has 0 aliphatic heterocycles. The molecule has 0 amide bonds. The van der Waals surface area contributed by atoms with Crippen LogP contribution >= 0.6 is 0 Å². The molecule has 2 rings (SSSR count). The largest absolute Gasteiger partial charge is 0.436 e. The van der Waals surface area contributed by atoms with Crippen molar-refractivity contribution in [2.75, 3.05) is 0 Å². The average molecular weight is 277 g/mol. The molecule has 104 valence electrons. The predicted octanol–water partition coefficient (Wildman–Crippen LogP) is 2.94. The van der Waals surface area contributed by atoms with Crippen LogP contribution in [0.15, 0.2) is 36.5 Å². The SMILES string of the molecule is CC(N)c1ccc(Oc2ccc([N+](=O)[O-])cc2F)nc1. The maximum Gasteiger partial charge on any atom is 0.272 e. The van der Waals surface area contributed by atoms with Gasteiger partial charge in [-0.25, -0.2) is 9.37 Å². The van der Waals surface area contributed by atoms with Crippen molar-refractivity contribution in [1.82, 2.24) is 4.98 Å². The van der Waals surface area contributed by atoms with Crippen molar-refractivity contribution in [3.63, 3.8) is 0 Å². The van der Waals surface area contributed by atoms with Crippen LogP contribution in [-0.2, 0) is 0 Å². The zero-order valence-electron chi connectivity index (χ0n) is 10.6. The van der Waals surface area contributed by atoms with E-state index in [0.29, 0.717) is 0 Å². The van der Waals surface area contributed by atoms with Gasteiger partial charge in [-0.2, -0.15) is 0 Å². The molecule has 0 aliphatic rings. The summed E-state index contributed by atoms with van der Waals surface area (Å²) in [6.45, 7) is 1.81. The summed E-state index contributed by atoms with van der Waals surface area (Å²) < 4.78 is 18.9. The second-order valence-corrected chi connectivity index (χ2v) is 4.19. The molecule has 0 radical (unpaired) electrons. The van der Waals surface area contributed by atoms with Gasteiger partial charge in [-0.1, -0.05) is 6.07 Å². The highest BCUT2D eigenvalue weighted by molar-refractivity contribution is 5.39. The van der Waals surface area contributed by atoms with E-state index >= 15 is 0 Å². The lowest BCUT2D eigenvalue weighted by atomic mass is 10.2. The first-order valence-corrected chi connectivity index (χ1v) is 5.80. The Kier molecular flexibility index (Phi) is 3.90. The van der Waals surface area contributed by atoms with Gasteiger partial charge in [0, 0.05) is 24.4 Å². The van der Waals surface area contributed by atoms with E-state index in [2.05, 4.69) is 4.98 Å². The van der Waals surface area contributed by atoms with Crippen molar-refractivity contribution in [3.05, 3.63) is 58.0 Å². The van der Waals surface area contributed by atoms with Gasteiger partial charge in [-0.15, -0.1) is 0 Å². The van der Waals surface area contributed by atoms with Crippen LogP contribution < -0.4 is 10.5 Å². The minimum absolute atomic E-state index is 0.128. The quantitative estimate of drug-likeness (QED) is 0.685. The van der Waals surface area contributed by atoms with Gasteiger partial charge in [0.15, 0.2) is 11.6 Å². The summed E-state index contributed by atoms with van der Waals surface area (Å²) in [7, 11) is 0. The van der Waals surface area contributed by atoms with Crippen molar-refractivity contribution in [2.45, 2.75) is 13.0 Å². The van der Waals surface area contributed by atoms with Crippen LogP contribution in [-0.4, -0.2) is 9.91 Å². The number of ether oxygens (including phenoxy) is 1. The Bertz CT molecular complexity index is 629. The normalized spacial score (nSPS) is 11.9. The second-order valence-electron chi connectivity index (χ2n) is 4.19. The van der Waals surface area contributed by atoms with E-state index in [4.69, 9.17) is 10.5 Å². The predicted molar refractivity (Wildman–Crippen MR) is 70.0 cm³/mol. The fourth-order valence-corrected chi connectivity index (χ4v) is 1.52. The molecule has 6 nitrogen and oxygen atoms in total. The van der Waals surface area contributed by atoms with E-state index < -0.39 is 10.7 Å². The first kappa shape index (κ1) is 13.9. The molecular weight excluding hydrogens is 265 g/mol. The number of nitro groups is 1.